The largest absolute Gasteiger partial charge is 0.399 e. The van der Waals surface area contributed by atoms with Gasteiger partial charge in [0.1, 0.15) is 0 Å². The van der Waals surface area contributed by atoms with Gasteiger partial charge in [0.15, 0.2) is 0 Å². The number of nitrogens with one attached hydrogen (secondary N) is 1. The van der Waals surface area contributed by atoms with E-state index in [-0.39, 0.29) is 11.4 Å². The predicted molar refractivity (Wildman–Crippen MR) is 84.5 cm³/mol. The number of benzene rings is 1. The molecule has 0 radical (unpaired) electrons. The lowest BCUT2D eigenvalue weighted by atomic mass is 10.1. The standard InChI is InChI=1S/C13H22N2O3S2/c1-9-5-11(14)6-10(2)12(9)20(17,18)15-7-13(3,16)8-19-4/h5-6,15-16H,7-8,14H2,1-4H3. The molecule has 114 valence electrons. The van der Waals surface area contributed by atoms with Crippen LogP contribution >= 0.6 is 11.8 Å². The van der Waals surface area contributed by atoms with Crippen molar-refractivity contribution in [3.63, 3.8) is 0 Å². The van der Waals surface area contributed by atoms with E-state index in [1.807, 2.05) is 6.26 Å². The molecule has 0 aromatic heterocycles. The summed E-state index contributed by atoms with van der Waals surface area (Å²) in [5, 5.41) is 10.0. The van der Waals surface area contributed by atoms with Crippen LogP contribution in [0.5, 0.6) is 0 Å². The Balaban J connectivity index is 3.01. The quantitative estimate of drug-likeness (QED) is 0.687. The summed E-state index contributed by atoms with van der Waals surface area (Å²) in [7, 11) is -3.66. The van der Waals surface area contributed by atoms with Crippen molar-refractivity contribution in [1.29, 1.82) is 0 Å². The van der Waals surface area contributed by atoms with Crippen LogP contribution in [0.3, 0.4) is 0 Å². The highest BCUT2D eigenvalue weighted by Crippen LogP contribution is 2.23. The number of thioether (sulfide) groups is 1. The number of rotatable bonds is 6. The van der Waals surface area contributed by atoms with Crippen molar-refractivity contribution in [2.75, 3.05) is 24.3 Å². The fourth-order valence-electron chi connectivity index (χ4n) is 2.09. The van der Waals surface area contributed by atoms with E-state index in [4.69, 9.17) is 5.73 Å². The lowest BCUT2D eigenvalue weighted by molar-refractivity contribution is 0.0908. The number of sulfonamides is 1. The summed E-state index contributed by atoms with van der Waals surface area (Å²) in [5.41, 5.74) is 6.34. The van der Waals surface area contributed by atoms with Crippen molar-refractivity contribution in [2.45, 2.75) is 31.3 Å². The zero-order valence-corrected chi connectivity index (χ0v) is 13.9. The molecule has 7 heteroatoms. The molecule has 5 nitrogen and oxygen atoms in total. The Morgan fingerprint density at radius 3 is 2.30 bits per heavy atom. The lowest BCUT2D eigenvalue weighted by Crippen LogP contribution is -2.42. The molecule has 0 amide bonds. The Morgan fingerprint density at radius 1 is 1.35 bits per heavy atom. The van der Waals surface area contributed by atoms with Gasteiger partial charge in [-0.2, -0.15) is 11.8 Å². The Hall–Kier alpha value is -0.760. The second-order valence-electron chi connectivity index (χ2n) is 5.24. The van der Waals surface area contributed by atoms with E-state index in [1.165, 1.54) is 11.8 Å². The summed E-state index contributed by atoms with van der Waals surface area (Å²) in [6, 6.07) is 3.25. The maximum absolute atomic E-state index is 12.4. The molecule has 4 N–H and O–H groups in total. The minimum atomic E-state index is -3.66. The molecule has 0 saturated carbocycles. The molecule has 0 aliphatic heterocycles. The summed E-state index contributed by atoms with van der Waals surface area (Å²) in [5.74, 6) is 0.454. The SMILES string of the molecule is CSCC(C)(O)CNS(=O)(=O)c1c(C)cc(N)cc1C. The average molecular weight is 318 g/mol. The lowest BCUT2D eigenvalue weighted by Gasteiger charge is -2.23. The van der Waals surface area contributed by atoms with Crippen LogP contribution in [0.2, 0.25) is 0 Å². The van der Waals surface area contributed by atoms with Gasteiger partial charge in [-0.05, 0) is 50.3 Å². The van der Waals surface area contributed by atoms with E-state index in [2.05, 4.69) is 4.72 Å². The van der Waals surface area contributed by atoms with Gasteiger partial charge in [-0.3, -0.25) is 0 Å². The zero-order chi connectivity index (χ0) is 15.6. The molecule has 0 aliphatic carbocycles. The van der Waals surface area contributed by atoms with Gasteiger partial charge in [0.2, 0.25) is 10.0 Å². The maximum Gasteiger partial charge on any atom is 0.241 e. The predicted octanol–water partition coefficient (Wildman–Crippen LogP) is 1.28. The molecule has 20 heavy (non-hydrogen) atoms. The van der Waals surface area contributed by atoms with Gasteiger partial charge in [-0.1, -0.05) is 0 Å². The van der Waals surface area contributed by atoms with E-state index in [0.717, 1.165) is 0 Å². The number of anilines is 1. The number of aliphatic hydroxyl groups is 1. The van der Waals surface area contributed by atoms with Gasteiger partial charge in [0.05, 0.1) is 10.5 Å². The number of nitrogen functional groups attached to an aromatic ring is 1. The highest BCUT2D eigenvalue weighted by molar-refractivity contribution is 7.98. The topological polar surface area (TPSA) is 92.4 Å². The molecule has 0 bridgehead atoms. The first-order valence-electron chi connectivity index (χ1n) is 6.17. The first kappa shape index (κ1) is 17.3. The maximum atomic E-state index is 12.4. The van der Waals surface area contributed by atoms with Crippen LogP contribution < -0.4 is 10.5 Å². The van der Waals surface area contributed by atoms with Gasteiger partial charge in [-0.15, -0.1) is 0 Å². The molecule has 0 heterocycles. The Kier molecular flexibility index (Phi) is 5.48. The fraction of sp³-hybridized carbons (Fsp3) is 0.538. The minimum absolute atomic E-state index is 0.0283. The molecule has 0 fully saturated rings. The third kappa shape index (κ3) is 4.37. The monoisotopic (exact) mass is 318 g/mol. The van der Waals surface area contributed by atoms with Gasteiger partial charge in [0.25, 0.3) is 0 Å². The van der Waals surface area contributed by atoms with Crippen molar-refractivity contribution in [1.82, 2.24) is 4.72 Å². The Morgan fingerprint density at radius 2 is 1.85 bits per heavy atom. The summed E-state index contributed by atoms with van der Waals surface area (Å²) >= 11 is 1.46. The molecular formula is C13H22N2O3S2. The van der Waals surface area contributed by atoms with Gasteiger partial charge >= 0.3 is 0 Å². The number of hydrogen-bond donors (Lipinski definition) is 3. The van der Waals surface area contributed by atoms with Crippen molar-refractivity contribution in [3.05, 3.63) is 23.3 Å². The summed E-state index contributed by atoms with van der Waals surface area (Å²) < 4.78 is 27.2. The number of hydrogen-bond acceptors (Lipinski definition) is 5. The highest BCUT2D eigenvalue weighted by Gasteiger charge is 2.25. The van der Waals surface area contributed by atoms with Crippen LogP contribution in [0.15, 0.2) is 17.0 Å². The zero-order valence-electron chi connectivity index (χ0n) is 12.2. The summed E-state index contributed by atoms with van der Waals surface area (Å²) in [4.78, 5) is 0.228. The molecule has 1 rings (SSSR count). The Labute approximate surface area is 125 Å². The summed E-state index contributed by atoms with van der Waals surface area (Å²) in [6.07, 6.45) is 1.86. The van der Waals surface area contributed by atoms with E-state index in [0.29, 0.717) is 22.6 Å². The second-order valence-corrected chi connectivity index (χ2v) is 7.81. The van der Waals surface area contributed by atoms with E-state index in [9.17, 15) is 13.5 Å². The van der Waals surface area contributed by atoms with Crippen molar-refractivity contribution in [3.8, 4) is 0 Å². The molecular weight excluding hydrogens is 296 g/mol. The first-order valence-corrected chi connectivity index (χ1v) is 9.04. The molecule has 1 aromatic carbocycles. The van der Waals surface area contributed by atoms with Crippen LogP contribution in [0.4, 0.5) is 5.69 Å². The van der Waals surface area contributed by atoms with Crippen LogP contribution in [-0.4, -0.2) is 37.7 Å². The fourth-order valence-corrected chi connectivity index (χ4v) is 4.43. The van der Waals surface area contributed by atoms with Gasteiger partial charge < -0.3 is 10.8 Å². The number of aryl methyl sites for hydroxylation is 2. The molecule has 1 aromatic rings. The van der Waals surface area contributed by atoms with Crippen molar-refractivity contribution < 1.29 is 13.5 Å². The minimum Gasteiger partial charge on any atom is -0.399 e. The molecule has 0 spiro atoms. The molecule has 1 unspecified atom stereocenters. The third-order valence-corrected chi connectivity index (χ3v) is 5.47. The summed E-state index contributed by atoms with van der Waals surface area (Å²) in [6.45, 7) is 4.99. The third-order valence-electron chi connectivity index (χ3n) is 2.85. The highest BCUT2D eigenvalue weighted by atomic mass is 32.2. The molecule has 1 atom stereocenters. The van der Waals surface area contributed by atoms with Crippen LogP contribution in [-0.2, 0) is 10.0 Å². The van der Waals surface area contributed by atoms with E-state index < -0.39 is 15.6 Å². The van der Waals surface area contributed by atoms with E-state index in [1.54, 1.807) is 32.9 Å². The van der Waals surface area contributed by atoms with Crippen LogP contribution in [0.1, 0.15) is 18.1 Å². The first-order chi connectivity index (χ1) is 9.09. The molecule has 0 saturated heterocycles. The van der Waals surface area contributed by atoms with Crippen LogP contribution in [0, 0.1) is 13.8 Å². The van der Waals surface area contributed by atoms with Crippen molar-refractivity contribution in [2.24, 2.45) is 0 Å². The molecule has 0 aliphatic rings. The van der Waals surface area contributed by atoms with Gasteiger partial charge in [0, 0.05) is 18.0 Å². The Bertz CT molecular complexity index is 560. The second kappa shape index (κ2) is 6.34. The normalized spacial score (nSPS) is 15.1. The van der Waals surface area contributed by atoms with Crippen molar-refractivity contribution >= 4 is 27.5 Å². The smallest absolute Gasteiger partial charge is 0.241 e. The van der Waals surface area contributed by atoms with Gasteiger partial charge in [-0.25, -0.2) is 13.1 Å². The average Bonchev–Trinajstić information content (AvgIpc) is 2.24. The van der Waals surface area contributed by atoms with E-state index >= 15 is 0 Å². The number of nitrogens with two attached hydrogens (primary N) is 1. The van der Waals surface area contributed by atoms with Crippen LogP contribution in [0.25, 0.3) is 0 Å².